The van der Waals surface area contributed by atoms with Crippen molar-refractivity contribution in [2.75, 3.05) is 13.2 Å². The number of aliphatic imine (C=N–C) groups is 1. The number of nitrogens with zero attached hydrogens (tertiary/aromatic N) is 1. The Bertz CT molecular complexity index is 684. The molecule has 0 saturated carbocycles. The smallest absolute Gasteiger partial charge is 0.416 e. The zero-order valence-corrected chi connectivity index (χ0v) is 13.6. The third-order valence-corrected chi connectivity index (χ3v) is 3.48. The number of allylic oxidation sites excluding steroid dienone is 1. The molecule has 8 heteroatoms. The first kappa shape index (κ1) is 18.3. The van der Waals surface area contributed by atoms with Crippen LogP contribution in [0.2, 0.25) is 5.02 Å². The molecule has 0 aromatic heterocycles. The average Bonchev–Trinajstić information content (AvgIpc) is 2.53. The van der Waals surface area contributed by atoms with Crippen LogP contribution in [0, 0.1) is 0 Å². The van der Waals surface area contributed by atoms with Gasteiger partial charge in [0.2, 0.25) is 0 Å². The monoisotopic (exact) mass is 361 g/mol. The molecule has 0 saturated heterocycles. The third kappa shape index (κ3) is 4.74. The highest BCUT2D eigenvalue weighted by atomic mass is 35.5. The number of hydrogen-bond acceptors (Lipinski definition) is 4. The summed E-state index contributed by atoms with van der Waals surface area (Å²) in [7, 11) is 0. The number of benzene rings is 1. The van der Waals surface area contributed by atoms with Gasteiger partial charge >= 0.3 is 12.1 Å². The number of ether oxygens (including phenoxy) is 2. The number of alkyl halides is 3. The van der Waals surface area contributed by atoms with Gasteiger partial charge in [-0.25, -0.2) is 9.79 Å². The normalized spacial score (nSPS) is 14.7. The molecule has 1 aromatic rings. The summed E-state index contributed by atoms with van der Waals surface area (Å²) < 4.78 is 48.1. The second kappa shape index (κ2) is 7.70. The fourth-order valence-electron chi connectivity index (χ4n) is 2.04. The molecule has 0 N–H and O–H groups in total. The Labute approximate surface area is 141 Å². The largest absolute Gasteiger partial charge is 0.486 e. The Morgan fingerprint density at radius 1 is 1.38 bits per heavy atom. The number of carbonyl (C=O) groups is 1. The molecule has 0 radical (unpaired) electrons. The van der Waals surface area contributed by atoms with Gasteiger partial charge in [-0.05, 0) is 38.0 Å². The maximum Gasteiger partial charge on any atom is 0.416 e. The molecule has 4 nitrogen and oxygen atoms in total. The van der Waals surface area contributed by atoms with Crippen LogP contribution in [-0.2, 0) is 15.7 Å². The highest BCUT2D eigenvalue weighted by Gasteiger charge is 2.31. The average molecular weight is 362 g/mol. The van der Waals surface area contributed by atoms with Gasteiger partial charge in [0.15, 0.2) is 0 Å². The summed E-state index contributed by atoms with van der Waals surface area (Å²) in [4.78, 5) is 15.8. The van der Waals surface area contributed by atoms with E-state index in [2.05, 4.69) is 4.99 Å². The lowest BCUT2D eigenvalue weighted by Crippen LogP contribution is -2.17. The number of rotatable bonds is 5. The molecule has 2 rings (SSSR count). The van der Waals surface area contributed by atoms with Gasteiger partial charge in [0.1, 0.15) is 18.1 Å². The van der Waals surface area contributed by atoms with E-state index in [0.29, 0.717) is 18.6 Å². The lowest BCUT2D eigenvalue weighted by Gasteiger charge is -2.14. The van der Waals surface area contributed by atoms with E-state index in [4.69, 9.17) is 21.1 Å². The minimum Gasteiger partial charge on any atom is -0.486 e. The van der Waals surface area contributed by atoms with Gasteiger partial charge in [0.25, 0.3) is 0 Å². The quantitative estimate of drug-likeness (QED) is 0.729. The van der Waals surface area contributed by atoms with Crippen molar-refractivity contribution in [1.82, 2.24) is 0 Å². The van der Waals surface area contributed by atoms with Crippen LogP contribution in [0.5, 0.6) is 5.75 Å². The van der Waals surface area contributed by atoms with Crippen LogP contribution < -0.4 is 4.74 Å². The molecule has 0 fully saturated rings. The molecule has 0 atom stereocenters. The molecule has 0 spiro atoms. The molecule has 130 valence electrons. The van der Waals surface area contributed by atoms with Crippen molar-refractivity contribution < 1.29 is 27.4 Å². The SMILES string of the molecule is CCOC(=O)C1=CCCC(COc2ccc(C(F)(F)F)cc2Cl)=N1. The number of carbonyl (C=O) groups excluding carboxylic acids is 1. The minimum atomic E-state index is -4.46. The van der Waals surface area contributed by atoms with Gasteiger partial charge in [-0.3, -0.25) is 0 Å². The van der Waals surface area contributed by atoms with Gasteiger partial charge in [-0.15, -0.1) is 0 Å². The van der Waals surface area contributed by atoms with Gasteiger partial charge in [-0.1, -0.05) is 17.7 Å². The van der Waals surface area contributed by atoms with Crippen LogP contribution in [0.15, 0.2) is 35.0 Å². The molecular formula is C16H15ClF3NO3. The Balaban J connectivity index is 2.03. The van der Waals surface area contributed by atoms with E-state index in [1.165, 1.54) is 0 Å². The third-order valence-electron chi connectivity index (χ3n) is 3.19. The molecule has 1 heterocycles. The van der Waals surface area contributed by atoms with Crippen LogP contribution >= 0.6 is 11.6 Å². The Hall–Kier alpha value is -2.02. The van der Waals surface area contributed by atoms with E-state index in [-0.39, 0.29) is 29.7 Å². The summed E-state index contributed by atoms with van der Waals surface area (Å²) >= 11 is 5.82. The Morgan fingerprint density at radius 2 is 2.12 bits per heavy atom. The summed E-state index contributed by atoms with van der Waals surface area (Å²) in [5, 5.41) is -0.137. The second-order valence-corrected chi connectivity index (χ2v) is 5.37. The first-order valence-electron chi connectivity index (χ1n) is 7.24. The summed E-state index contributed by atoms with van der Waals surface area (Å²) in [5.74, 6) is -0.387. The van der Waals surface area contributed by atoms with E-state index in [0.717, 1.165) is 18.2 Å². The van der Waals surface area contributed by atoms with Crippen LogP contribution in [0.25, 0.3) is 0 Å². The first-order chi connectivity index (χ1) is 11.3. The standard InChI is InChI=1S/C16H15ClF3NO3/c1-2-23-15(22)13-5-3-4-11(21-13)9-24-14-7-6-10(8-12(14)17)16(18,19)20/h5-8H,2-4,9H2,1H3. The molecule has 1 aromatic carbocycles. The summed E-state index contributed by atoms with van der Waals surface area (Å²) in [6, 6.07) is 2.87. The molecule has 0 amide bonds. The molecular weight excluding hydrogens is 347 g/mol. The van der Waals surface area contributed by atoms with Crippen LogP contribution in [0.1, 0.15) is 25.3 Å². The van der Waals surface area contributed by atoms with Crippen molar-refractivity contribution in [2.45, 2.75) is 25.9 Å². The van der Waals surface area contributed by atoms with Gasteiger partial charge < -0.3 is 9.47 Å². The van der Waals surface area contributed by atoms with Gasteiger partial charge in [0.05, 0.1) is 22.9 Å². The predicted molar refractivity (Wildman–Crippen MR) is 83.3 cm³/mol. The van der Waals surface area contributed by atoms with Crippen molar-refractivity contribution in [1.29, 1.82) is 0 Å². The number of halogens is 4. The summed E-state index contributed by atoms with van der Waals surface area (Å²) in [6.45, 7) is 1.97. The molecule has 0 aliphatic carbocycles. The van der Waals surface area contributed by atoms with E-state index < -0.39 is 17.7 Å². The van der Waals surface area contributed by atoms with Crippen molar-refractivity contribution in [3.05, 3.63) is 40.6 Å². The van der Waals surface area contributed by atoms with Crippen molar-refractivity contribution in [3.63, 3.8) is 0 Å². The predicted octanol–water partition coefficient (Wildman–Crippen LogP) is 4.42. The van der Waals surface area contributed by atoms with E-state index >= 15 is 0 Å². The van der Waals surface area contributed by atoms with E-state index in [9.17, 15) is 18.0 Å². The maximum atomic E-state index is 12.6. The highest BCUT2D eigenvalue weighted by Crippen LogP contribution is 2.34. The van der Waals surface area contributed by atoms with Crippen molar-refractivity contribution >= 4 is 23.3 Å². The fraction of sp³-hybridized carbons (Fsp3) is 0.375. The summed E-state index contributed by atoms with van der Waals surface area (Å²) in [5.41, 5.74) is -0.0425. The van der Waals surface area contributed by atoms with Crippen LogP contribution in [-0.4, -0.2) is 24.9 Å². The first-order valence-corrected chi connectivity index (χ1v) is 7.62. The molecule has 0 unspecified atom stereocenters. The minimum absolute atomic E-state index is 0.0296. The molecule has 0 bridgehead atoms. The maximum absolute atomic E-state index is 12.6. The van der Waals surface area contributed by atoms with E-state index in [1.807, 2.05) is 0 Å². The second-order valence-electron chi connectivity index (χ2n) is 4.96. The zero-order valence-electron chi connectivity index (χ0n) is 12.8. The Kier molecular flexibility index (Phi) is 5.88. The number of hydrogen-bond donors (Lipinski definition) is 0. The van der Waals surface area contributed by atoms with Gasteiger partial charge in [-0.2, -0.15) is 13.2 Å². The lowest BCUT2D eigenvalue weighted by atomic mass is 10.1. The zero-order chi connectivity index (χ0) is 17.7. The topological polar surface area (TPSA) is 47.9 Å². The number of esters is 1. The molecule has 24 heavy (non-hydrogen) atoms. The Morgan fingerprint density at radius 3 is 2.75 bits per heavy atom. The van der Waals surface area contributed by atoms with E-state index in [1.54, 1.807) is 13.0 Å². The highest BCUT2D eigenvalue weighted by molar-refractivity contribution is 6.32. The van der Waals surface area contributed by atoms with Crippen molar-refractivity contribution in [3.8, 4) is 5.75 Å². The molecule has 1 aliphatic rings. The lowest BCUT2D eigenvalue weighted by molar-refractivity contribution is -0.139. The van der Waals surface area contributed by atoms with Crippen molar-refractivity contribution in [2.24, 2.45) is 4.99 Å². The summed E-state index contributed by atoms with van der Waals surface area (Å²) in [6.07, 6.45) is -1.60. The molecule has 1 aliphatic heterocycles. The van der Waals surface area contributed by atoms with Gasteiger partial charge in [0, 0.05) is 0 Å². The van der Waals surface area contributed by atoms with Crippen LogP contribution in [0.4, 0.5) is 13.2 Å². The fourth-order valence-corrected chi connectivity index (χ4v) is 2.28. The van der Waals surface area contributed by atoms with Crippen LogP contribution in [0.3, 0.4) is 0 Å².